The number of carbonyl (C=O) groups is 1. The van der Waals surface area contributed by atoms with Gasteiger partial charge in [-0.25, -0.2) is 0 Å². The van der Waals surface area contributed by atoms with Crippen LogP contribution in [0.15, 0.2) is 176 Å². The number of hydrogen-bond donors (Lipinski definition) is 1. The Kier molecular flexibility index (Phi) is 19.9. The van der Waals surface area contributed by atoms with Gasteiger partial charge in [0, 0.05) is 70.4 Å². The fourth-order valence-electron chi connectivity index (χ4n) is 4.62. The molecule has 266 valence electrons. The van der Waals surface area contributed by atoms with Gasteiger partial charge in [0.2, 0.25) is 0 Å². The van der Waals surface area contributed by atoms with Gasteiger partial charge in [-0.15, -0.1) is 108 Å². The summed E-state index contributed by atoms with van der Waals surface area (Å²) < 4.78 is 0. The number of rotatable bonds is 5. The first kappa shape index (κ1) is 43.0. The van der Waals surface area contributed by atoms with Gasteiger partial charge >= 0.3 is 0 Å². The Labute approximate surface area is 334 Å². The summed E-state index contributed by atoms with van der Waals surface area (Å²) in [7, 11) is 0. The number of nitrogens with zero attached hydrogens (tertiary/aromatic N) is 3. The third-order valence-corrected chi connectivity index (χ3v) is 6.89. The normalized spacial score (nSPS) is 9.79. The Balaban J connectivity index is 0.000000251. The van der Waals surface area contributed by atoms with E-state index in [2.05, 4.69) is 58.3 Å². The molecule has 4 aromatic carbocycles. The van der Waals surface area contributed by atoms with E-state index in [4.69, 9.17) is 5.11 Å². The molecule has 3 heterocycles. The van der Waals surface area contributed by atoms with Crippen LogP contribution in [0.25, 0.3) is 44.9 Å². The Morgan fingerprint density at radius 3 is 1.37 bits per heavy atom. The first-order valence-corrected chi connectivity index (χ1v) is 16.0. The van der Waals surface area contributed by atoms with Crippen LogP contribution in [0.1, 0.15) is 19.4 Å². The Morgan fingerprint density at radius 2 is 1.02 bits per heavy atom. The van der Waals surface area contributed by atoms with Crippen molar-refractivity contribution >= 4 is 5.78 Å². The van der Waals surface area contributed by atoms with Crippen molar-refractivity contribution in [1.82, 2.24) is 15.0 Å². The summed E-state index contributed by atoms with van der Waals surface area (Å²) in [5.41, 5.74) is 9.64. The molecule has 0 spiro atoms. The van der Waals surface area contributed by atoms with Gasteiger partial charge < -0.3 is 20.1 Å². The fourth-order valence-corrected chi connectivity index (χ4v) is 4.62. The monoisotopic (exact) mass is 1040 g/mol. The molecule has 0 saturated heterocycles. The summed E-state index contributed by atoms with van der Waals surface area (Å²) in [5, 5.41) is 8.36. The first-order chi connectivity index (χ1) is 24.4. The molecule has 7 aromatic rings. The minimum atomic E-state index is -0.125. The predicted octanol–water partition coefficient (Wildman–Crippen LogP) is 10.7. The van der Waals surface area contributed by atoms with E-state index in [0.29, 0.717) is 0 Å². The van der Waals surface area contributed by atoms with Gasteiger partial charge in [-0.3, -0.25) is 4.79 Å². The van der Waals surface area contributed by atoms with Crippen molar-refractivity contribution in [2.75, 3.05) is 0 Å². The van der Waals surface area contributed by atoms with Crippen molar-refractivity contribution in [2.24, 2.45) is 0 Å². The maximum Gasteiger partial charge on any atom is 0.155 e. The van der Waals surface area contributed by atoms with Crippen LogP contribution in [-0.4, -0.2) is 25.8 Å². The van der Waals surface area contributed by atoms with Crippen LogP contribution in [-0.2, 0) is 45.0 Å². The van der Waals surface area contributed by atoms with Crippen LogP contribution in [0.4, 0.5) is 0 Å². The molecule has 1 N–H and O–H groups in total. The molecule has 5 nitrogen and oxygen atoms in total. The van der Waals surface area contributed by atoms with Crippen molar-refractivity contribution in [1.29, 1.82) is 0 Å². The molecule has 52 heavy (non-hydrogen) atoms. The van der Waals surface area contributed by atoms with Crippen LogP contribution >= 0.6 is 0 Å². The second-order valence-corrected chi connectivity index (χ2v) is 10.9. The first-order valence-electron chi connectivity index (χ1n) is 16.0. The minimum Gasteiger partial charge on any atom is -0.512 e. The summed E-state index contributed by atoms with van der Waals surface area (Å²) in [6.45, 7) is 4.97. The van der Waals surface area contributed by atoms with Crippen molar-refractivity contribution in [3.05, 3.63) is 200 Å². The molecular formula is C45H38Ir2N3O2-3. The molecule has 0 bridgehead atoms. The molecule has 0 aliphatic rings. The molecule has 0 aliphatic carbocycles. The quantitative estimate of drug-likeness (QED) is 0.106. The Morgan fingerprint density at radius 1 is 0.577 bits per heavy atom. The molecule has 7 rings (SSSR count). The second kappa shape index (κ2) is 24.1. The molecular weight excluding hydrogens is 999 g/mol. The van der Waals surface area contributed by atoms with Crippen LogP contribution in [0.3, 0.4) is 0 Å². The van der Waals surface area contributed by atoms with Crippen LogP contribution in [0.5, 0.6) is 0 Å². The van der Waals surface area contributed by atoms with Gasteiger partial charge in [-0.05, 0) is 61.1 Å². The Bertz CT molecular complexity index is 1880. The van der Waals surface area contributed by atoms with Crippen LogP contribution in [0, 0.1) is 25.1 Å². The Hall–Kier alpha value is -5.16. The molecule has 7 heteroatoms. The van der Waals surface area contributed by atoms with E-state index in [1.807, 2.05) is 134 Å². The van der Waals surface area contributed by atoms with Crippen molar-refractivity contribution in [2.45, 2.75) is 20.8 Å². The van der Waals surface area contributed by atoms with Crippen molar-refractivity contribution in [3.8, 4) is 44.9 Å². The van der Waals surface area contributed by atoms with E-state index in [1.54, 1.807) is 12.4 Å². The number of aromatic nitrogens is 3. The molecule has 3 aromatic heterocycles. The average molecular weight is 1040 g/mol. The zero-order valence-corrected chi connectivity index (χ0v) is 33.8. The molecule has 2 radical (unpaired) electrons. The zero-order valence-electron chi connectivity index (χ0n) is 29.0. The van der Waals surface area contributed by atoms with Gasteiger partial charge in [0.1, 0.15) is 0 Å². The van der Waals surface area contributed by atoms with Crippen molar-refractivity contribution < 1.29 is 50.1 Å². The van der Waals surface area contributed by atoms with Gasteiger partial charge in [-0.1, -0.05) is 60.7 Å². The third kappa shape index (κ3) is 15.0. The van der Waals surface area contributed by atoms with Crippen molar-refractivity contribution in [3.63, 3.8) is 0 Å². The number of hydrogen-bond acceptors (Lipinski definition) is 5. The van der Waals surface area contributed by atoms with Gasteiger partial charge in [0.15, 0.2) is 5.78 Å². The predicted molar refractivity (Wildman–Crippen MR) is 203 cm³/mol. The molecule has 0 atom stereocenters. The number of benzene rings is 4. The average Bonchev–Trinajstić information content (AvgIpc) is 3.17. The zero-order chi connectivity index (χ0) is 35.4. The summed E-state index contributed by atoms with van der Waals surface area (Å²) in [4.78, 5) is 23.0. The summed E-state index contributed by atoms with van der Waals surface area (Å²) in [5.74, 6) is -0.0625. The second-order valence-electron chi connectivity index (χ2n) is 10.9. The number of ketones is 1. The molecule has 0 aliphatic heterocycles. The summed E-state index contributed by atoms with van der Waals surface area (Å²) in [6.07, 6.45) is 6.69. The number of aliphatic hydroxyl groups excluding tert-OH is 1. The topological polar surface area (TPSA) is 76.0 Å². The maximum atomic E-state index is 10.0. The number of pyridine rings is 3. The van der Waals surface area contributed by atoms with E-state index < -0.39 is 0 Å². The molecule has 0 saturated carbocycles. The number of allylic oxidation sites excluding steroid dienone is 2. The van der Waals surface area contributed by atoms with E-state index in [0.717, 1.165) is 33.8 Å². The number of aryl methyl sites for hydroxylation is 1. The third-order valence-electron chi connectivity index (χ3n) is 6.89. The fraction of sp³-hybridized carbons (Fsp3) is 0.0667. The maximum absolute atomic E-state index is 10.0. The van der Waals surface area contributed by atoms with Crippen LogP contribution in [0.2, 0.25) is 0 Å². The standard InChI is InChI=1S/C18H14N.2C11H8N.C5H8O2.2Ir/c1-14-12-18(16-10-6-3-7-11-16)19-13-17(14)15-8-4-2-5-9-15;2*1-2-6-10(7-3-1)11-8-4-5-9-12-11;1-4(6)3-5(2)7;;/h2-10,12-13H,1H3;2*1-6,8-9H;3,6H,1-2H3;;/q3*-1;;;. The largest absolute Gasteiger partial charge is 0.512 e. The molecule has 0 unspecified atom stereocenters. The van der Waals surface area contributed by atoms with E-state index >= 15 is 0 Å². The number of aliphatic hydroxyl groups is 1. The van der Waals surface area contributed by atoms with Gasteiger partial charge in [-0.2, -0.15) is 0 Å². The summed E-state index contributed by atoms with van der Waals surface area (Å²) >= 11 is 0. The van der Waals surface area contributed by atoms with Crippen LogP contribution < -0.4 is 0 Å². The molecule has 0 fully saturated rings. The van der Waals surface area contributed by atoms with Gasteiger partial charge in [0.25, 0.3) is 0 Å². The minimum absolute atomic E-state index is 0. The smallest absolute Gasteiger partial charge is 0.155 e. The van der Waals surface area contributed by atoms with Gasteiger partial charge in [0.05, 0.1) is 5.76 Å². The SMILES string of the molecule is CC(=O)C=C(C)O.Cc1cc(-c2[c-]cccc2)ncc1-c1ccccc1.[Ir].[Ir].[c-]1ccccc1-c1ccccn1.[c-]1ccccc1-c1ccccn1. The number of carbonyl (C=O) groups excluding carboxylic acids is 1. The van der Waals surface area contributed by atoms with E-state index in [9.17, 15) is 4.79 Å². The molecule has 0 amide bonds. The summed E-state index contributed by atoms with van der Waals surface area (Å²) in [6, 6.07) is 57.2. The van der Waals surface area contributed by atoms with E-state index in [-0.39, 0.29) is 51.8 Å². The van der Waals surface area contributed by atoms with E-state index in [1.165, 1.54) is 36.6 Å².